The number of hydrogen-bond donors (Lipinski definition) is 0. The lowest BCUT2D eigenvalue weighted by atomic mass is 10.0. The number of halogens is 1. The maximum absolute atomic E-state index is 12.1. The van der Waals surface area contributed by atoms with E-state index in [1.54, 1.807) is 12.1 Å². The molecule has 2 aromatic rings. The zero-order chi connectivity index (χ0) is 13.8. The van der Waals surface area contributed by atoms with Crippen LogP contribution in [0.2, 0.25) is 5.02 Å². The number of carbonyl (C=O) groups excluding carboxylic acids is 1. The van der Waals surface area contributed by atoms with Crippen LogP contribution in [0.3, 0.4) is 0 Å². The number of hydrogen-bond acceptors (Lipinski definition) is 2. The zero-order valence-electron chi connectivity index (χ0n) is 10.9. The van der Waals surface area contributed by atoms with Gasteiger partial charge >= 0.3 is 0 Å². The molecule has 2 aromatic carbocycles. The number of benzene rings is 2. The number of rotatable bonds is 4. The van der Waals surface area contributed by atoms with Crippen LogP contribution in [0.15, 0.2) is 42.5 Å². The van der Waals surface area contributed by atoms with Gasteiger partial charge in [-0.3, -0.25) is 4.79 Å². The summed E-state index contributed by atoms with van der Waals surface area (Å²) in [5.74, 6) is 0.643. The molecule has 0 saturated heterocycles. The molecule has 2 rings (SSSR count). The highest BCUT2D eigenvalue weighted by Gasteiger charge is 2.10. The van der Waals surface area contributed by atoms with Gasteiger partial charge in [0.15, 0.2) is 12.4 Å². The summed E-state index contributed by atoms with van der Waals surface area (Å²) in [4.78, 5) is 12.1. The van der Waals surface area contributed by atoms with Crippen molar-refractivity contribution in [1.29, 1.82) is 0 Å². The number of aryl methyl sites for hydroxylation is 2. The van der Waals surface area contributed by atoms with Gasteiger partial charge in [-0.25, -0.2) is 0 Å². The fraction of sp³-hybridized carbons (Fsp3) is 0.188. The number of carbonyl (C=O) groups is 1. The molecule has 0 aliphatic heterocycles. The van der Waals surface area contributed by atoms with Crippen LogP contribution in [0, 0.1) is 13.8 Å². The summed E-state index contributed by atoms with van der Waals surface area (Å²) in [7, 11) is 0. The summed E-state index contributed by atoms with van der Waals surface area (Å²) < 4.78 is 5.45. The third kappa shape index (κ3) is 3.36. The molecule has 0 radical (unpaired) electrons. The first-order chi connectivity index (χ1) is 9.08. The lowest BCUT2D eigenvalue weighted by Crippen LogP contribution is -2.12. The second-order valence-corrected chi connectivity index (χ2v) is 4.83. The van der Waals surface area contributed by atoms with Crippen molar-refractivity contribution in [3.63, 3.8) is 0 Å². The highest BCUT2D eigenvalue weighted by Crippen LogP contribution is 2.22. The maximum Gasteiger partial charge on any atom is 0.200 e. The smallest absolute Gasteiger partial charge is 0.200 e. The van der Waals surface area contributed by atoms with Crippen LogP contribution in [0.5, 0.6) is 5.75 Å². The Kier molecular flexibility index (Phi) is 4.23. The molecule has 0 unspecified atom stereocenters. The molecule has 0 bridgehead atoms. The average Bonchev–Trinajstić information content (AvgIpc) is 2.42. The summed E-state index contributed by atoms with van der Waals surface area (Å²) in [5, 5.41) is 0.709. The quantitative estimate of drug-likeness (QED) is 0.781. The van der Waals surface area contributed by atoms with E-state index in [2.05, 4.69) is 0 Å². The molecule has 0 aliphatic carbocycles. The average molecular weight is 275 g/mol. The molecule has 0 fully saturated rings. The van der Waals surface area contributed by atoms with Crippen LogP contribution < -0.4 is 4.74 Å². The highest BCUT2D eigenvalue weighted by atomic mass is 35.5. The minimum Gasteiger partial charge on any atom is -0.485 e. The summed E-state index contributed by atoms with van der Waals surface area (Å²) in [6.07, 6.45) is 0. The van der Waals surface area contributed by atoms with E-state index in [-0.39, 0.29) is 12.4 Å². The molecular weight excluding hydrogens is 260 g/mol. The van der Waals surface area contributed by atoms with Gasteiger partial charge in [0.05, 0.1) is 0 Å². The van der Waals surface area contributed by atoms with E-state index < -0.39 is 0 Å². The highest BCUT2D eigenvalue weighted by molar-refractivity contribution is 6.32. The first kappa shape index (κ1) is 13.6. The summed E-state index contributed by atoms with van der Waals surface area (Å²) >= 11 is 6.08. The zero-order valence-corrected chi connectivity index (χ0v) is 11.7. The Balaban J connectivity index is 2.08. The van der Waals surface area contributed by atoms with Crippen molar-refractivity contribution in [1.82, 2.24) is 0 Å². The van der Waals surface area contributed by atoms with Gasteiger partial charge in [0.1, 0.15) is 5.75 Å². The van der Waals surface area contributed by atoms with Gasteiger partial charge in [0, 0.05) is 10.6 Å². The Labute approximate surface area is 118 Å². The number of Topliss-reactive ketones (excluding diaryl/α,β-unsaturated/α-hetero) is 1. The van der Waals surface area contributed by atoms with Crippen LogP contribution in [-0.4, -0.2) is 12.4 Å². The second-order valence-electron chi connectivity index (χ2n) is 4.45. The van der Waals surface area contributed by atoms with Crippen molar-refractivity contribution < 1.29 is 9.53 Å². The largest absolute Gasteiger partial charge is 0.485 e. The van der Waals surface area contributed by atoms with E-state index in [0.29, 0.717) is 16.3 Å². The van der Waals surface area contributed by atoms with Crippen LogP contribution in [0.1, 0.15) is 21.5 Å². The minimum atomic E-state index is -0.0493. The first-order valence-electron chi connectivity index (χ1n) is 6.05. The van der Waals surface area contributed by atoms with Crippen molar-refractivity contribution in [2.75, 3.05) is 6.61 Å². The molecule has 0 atom stereocenters. The molecule has 0 aromatic heterocycles. The molecule has 0 saturated carbocycles. The van der Waals surface area contributed by atoms with Crippen molar-refractivity contribution in [3.8, 4) is 5.75 Å². The Hall–Kier alpha value is -1.80. The van der Waals surface area contributed by atoms with Gasteiger partial charge in [-0.15, -0.1) is 0 Å². The van der Waals surface area contributed by atoms with Crippen LogP contribution in [0.4, 0.5) is 0 Å². The molecule has 0 spiro atoms. The van der Waals surface area contributed by atoms with Crippen LogP contribution in [0.25, 0.3) is 0 Å². The Bertz CT molecular complexity index is 568. The Morgan fingerprint density at radius 3 is 2.26 bits per heavy atom. The van der Waals surface area contributed by atoms with Gasteiger partial charge in [0.25, 0.3) is 0 Å². The van der Waals surface area contributed by atoms with E-state index >= 15 is 0 Å². The molecule has 0 N–H and O–H groups in total. The summed E-state index contributed by atoms with van der Waals surface area (Å²) in [5.41, 5.74) is 2.45. The second kappa shape index (κ2) is 5.89. The van der Waals surface area contributed by atoms with Crippen LogP contribution in [-0.2, 0) is 0 Å². The van der Waals surface area contributed by atoms with Crippen molar-refractivity contribution >= 4 is 17.4 Å². The SMILES string of the molecule is Cc1cc(C(=O)COc2ccccc2)cc(C)c1Cl. The maximum atomic E-state index is 12.1. The topological polar surface area (TPSA) is 26.3 Å². The normalized spacial score (nSPS) is 10.3. The number of ketones is 1. The predicted octanol–water partition coefficient (Wildman–Crippen LogP) is 4.22. The van der Waals surface area contributed by atoms with Gasteiger partial charge in [-0.2, -0.15) is 0 Å². The van der Waals surface area contributed by atoms with E-state index in [4.69, 9.17) is 16.3 Å². The lowest BCUT2D eigenvalue weighted by molar-refractivity contribution is 0.0921. The van der Waals surface area contributed by atoms with E-state index in [9.17, 15) is 4.79 Å². The molecular formula is C16H15ClO2. The summed E-state index contributed by atoms with van der Waals surface area (Å²) in [6.45, 7) is 3.82. The van der Waals surface area contributed by atoms with Crippen molar-refractivity contribution in [3.05, 3.63) is 64.2 Å². The van der Waals surface area contributed by atoms with Gasteiger partial charge in [0.2, 0.25) is 0 Å². The Morgan fingerprint density at radius 1 is 1.11 bits per heavy atom. The van der Waals surface area contributed by atoms with Gasteiger partial charge < -0.3 is 4.74 Å². The van der Waals surface area contributed by atoms with Crippen molar-refractivity contribution in [2.24, 2.45) is 0 Å². The predicted molar refractivity (Wildman–Crippen MR) is 77.2 cm³/mol. The molecule has 0 aliphatic rings. The fourth-order valence-electron chi connectivity index (χ4n) is 1.86. The van der Waals surface area contributed by atoms with Gasteiger partial charge in [-0.05, 0) is 49.2 Å². The van der Waals surface area contributed by atoms with E-state index in [0.717, 1.165) is 11.1 Å². The third-order valence-electron chi connectivity index (χ3n) is 2.87. The van der Waals surface area contributed by atoms with Gasteiger partial charge in [-0.1, -0.05) is 29.8 Å². The first-order valence-corrected chi connectivity index (χ1v) is 6.43. The molecule has 0 heterocycles. The Morgan fingerprint density at radius 2 is 1.68 bits per heavy atom. The minimum absolute atomic E-state index is 0.0323. The molecule has 98 valence electrons. The third-order valence-corrected chi connectivity index (χ3v) is 3.47. The number of ether oxygens (including phenoxy) is 1. The molecule has 0 amide bonds. The monoisotopic (exact) mass is 274 g/mol. The molecule has 3 heteroatoms. The lowest BCUT2D eigenvalue weighted by Gasteiger charge is -2.08. The fourth-order valence-corrected chi connectivity index (χ4v) is 1.96. The van der Waals surface area contributed by atoms with E-state index in [1.807, 2.05) is 44.2 Å². The van der Waals surface area contributed by atoms with Crippen LogP contribution >= 0.6 is 11.6 Å². The van der Waals surface area contributed by atoms with E-state index in [1.165, 1.54) is 0 Å². The number of para-hydroxylation sites is 1. The summed E-state index contributed by atoms with van der Waals surface area (Å²) in [6, 6.07) is 12.9. The van der Waals surface area contributed by atoms with Crippen molar-refractivity contribution in [2.45, 2.75) is 13.8 Å². The molecule has 2 nitrogen and oxygen atoms in total. The standard InChI is InChI=1S/C16H15ClO2/c1-11-8-13(9-12(2)16(11)17)15(18)10-19-14-6-4-3-5-7-14/h3-9H,10H2,1-2H3. The molecule has 19 heavy (non-hydrogen) atoms.